The molecule has 1 aliphatic carbocycles. The van der Waals surface area contributed by atoms with E-state index in [1.807, 2.05) is 12.1 Å². The number of carbonyl (C=O) groups excluding carboxylic acids is 1. The van der Waals surface area contributed by atoms with E-state index in [4.69, 9.17) is 5.11 Å². The van der Waals surface area contributed by atoms with Crippen LogP contribution in [0.5, 0.6) is 0 Å². The predicted octanol–water partition coefficient (Wildman–Crippen LogP) is 2.23. The number of carboxylic acid groups (broad SMARTS) is 1. The van der Waals surface area contributed by atoms with Gasteiger partial charge in [-0.1, -0.05) is 24.3 Å². The van der Waals surface area contributed by atoms with E-state index in [1.54, 1.807) is 0 Å². The number of fused-ring (bicyclic) bond motifs is 1. The van der Waals surface area contributed by atoms with Gasteiger partial charge in [-0.15, -0.1) is 0 Å². The van der Waals surface area contributed by atoms with Gasteiger partial charge in [-0.2, -0.15) is 0 Å². The molecule has 0 aromatic heterocycles. The summed E-state index contributed by atoms with van der Waals surface area (Å²) in [7, 11) is 0. The molecule has 90 valence electrons. The van der Waals surface area contributed by atoms with Crippen molar-refractivity contribution >= 4 is 11.8 Å². The second kappa shape index (κ2) is 5.13. The van der Waals surface area contributed by atoms with E-state index in [2.05, 4.69) is 12.1 Å². The molecule has 0 radical (unpaired) electrons. The molecule has 1 atom stereocenters. The smallest absolute Gasteiger partial charge is 0.303 e. The number of carbonyl (C=O) groups is 2. The molecule has 0 amide bonds. The molecule has 0 heterocycles. The second-order valence-electron chi connectivity index (χ2n) is 4.57. The number of Topliss-reactive ketones (excluding diaryl/α,β-unsaturated/α-hetero) is 1. The maximum atomic E-state index is 11.8. The van der Waals surface area contributed by atoms with Crippen LogP contribution in [-0.4, -0.2) is 16.9 Å². The van der Waals surface area contributed by atoms with Crippen LogP contribution < -0.4 is 0 Å². The van der Waals surface area contributed by atoms with Crippen molar-refractivity contribution in [3.8, 4) is 0 Å². The second-order valence-corrected chi connectivity index (χ2v) is 4.57. The number of rotatable bonds is 4. The van der Waals surface area contributed by atoms with Crippen LogP contribution in [0.2, 0.25) is 0 Å². The highest BCUT2D eigenvalue weighted by atomic mass is 16.4. The molecular formula is C14H16O3. The average Bonchev–Trinajstić information content (AvgIpc) is 2.35. The summed E-state index contributed by atoms with van der Waals surface area (Å²) in [6, 6.07) is 8.17. The molecule has 1 N–H and O–H groups in total. The fourth-order valence-corrected chi connectivity index (χ4v) is 2.41. The topological polar surface area (TPSA) is 54.4 Å². The number of hydrogen-bond acceptors (Lipinski definition) is 2. The number of hydrogen-bond donors (Lipinski definition) is 1. The molecule has 17 heavy (non-hydrogen) atoms. The minimum Gasteiger partial charge on any atom is -0.481 e. The SMILES string of the molecule is O=C(O)CCC(=O)C1CCc2ccccc2C1. The third-order valence-corrected chi connectivity index (χ3v) is 3.39. The summed E-state index contributed by atoms with van der Waals surface area (Å²) < 4.78 is 0. The Morgan fingerprint density at radius 2 is 1.88 bits per heavy atom. The van der Waals surface area contributed by atoms with E-state index in [-0.39, 0.29) is 24.5 Å². The first-order valence-electron chi connectivity index (χ1n) is 5.98. The third-order valence-electron chi connectivity index (χ3n) is 3.39. The van der Waals surface area contributed by atoms with Crippen LogP contribution >= 0.6 is 0 Å². The molecule has 0 bridgehead atoms. The number of carboxylic acids is 1. The highest BCUT2D eigenvalue weighted by Gasteiger charge is 2.24. The van der Waals surface area contributed by atoms with Gasteiger partial charge in [-0.3, -0.25) is 9.59 Å². The van der Waals surface area contributed by atoms with E-state index in [9.17, 15) is 9.59 Å². The van der Waals surface area contributed by atoms with Gasteiger partial charge < -0.3 is 5.11 Å². The average molecular weight is 232 g/mol. The molecule has 3 nitrogen and oxygen atoms in total. The summed E-state index contributed by atoms with van der Waals surface area (Å²) >= 11 is 0. The molecular weight excluding hydrogens is 216 g/mol. The summed E-state index contributed by atoms with van der Waals surface area (Å²) in [5.41, 5.74) is 2.57. The molecule has 1 aliphatic rings. The van der Waals surface area contributed by atoms with Crippen molar-refractivity contribution in [1.82, 2.24) is 0 Å². The maximum Gasteiger partial charge on any atom is 0.303 e. The lowest BCUT2D eigenvalue weighted by Crippen LogP contribution is -2.23. The Morgan fingerprint density at radius 1 is 1.18 bits per heavy atom. The number of aryl methyl sites for hydroxylation is 1. The van der Waals surface area contributed by atoms with E-state index < -0.39 is 5.97 Å². The summed E-state index contributed by atoms with van der Waals surface area (Å²) in [5.74, 6) is -0.777. The van der Waals surface area contributed by atoms with Crippen LogP contribution in [0.1, 0.15) is 30.4 Å². The van der Waals surface area contributed by atoms with Gasteiger partial charge in [0.15, 0.2) is 0 Å². The summed E-state index contributed by atoms with van der Waals surface area (Å²) in [6.07, 6.45) is 2.68. The van der Waals surface area contributed by atoms with Gasteiger partial charge in [-0.05, 0) is 30.4 Å². The molecule has 2 rings (SSSR count). The van der Waals surface area contributed by atoms with Gasteiger partial charge in [0.2, 0.25) is 0 Å². The largest absolute Gasteiger partial charge is 0.481 e. The van der Waals surface area contributed by atoms with Crippen molar-refractivity contribution < 1.29 is 14.7 Å². The van der Waals surface area contributed by atoms with Crippen LogP contribution in [0, 0.1) is 5.92 Å². The van der Waals surface area contributed by atoms with Gasteiger partial charge in [-0.25, -0.2) is 0 Å². The Balaban J connectivity index is 1.97. The molecule has 1 aromatic rings. The first kappa shape index (κ1) is 11.8. The van der Waals surface area contributed by atoms with Crippen LogP contribution in [0.15, 0.2) is 24.3 Å². The summed E-state index contributed by atoms with van der Waals surface area (Å²) in [5, 5.41) is 8.57. The van der Waals surface area contributed by atoms with Gasteiger partial charge in [0.1, 0.15) is 5.78 Å². The van der Waals surface area contributed by atoms with Crippen molar-refractivity contribution in [2.75, 3.05) is 0 Å². The van der Waals surface area contributed by atoms with Crippen LogP contribution in [0.25, 0.3) is 0 Å². The normalized spacial score (nSPS) is 18.5. The third kappa shape index (κ3) is 2.93. The van der Waals surface area contributed by atoms with Crippen molar-refractivity contribution in [2.45, 2.75) is 32.1 Å². The van der Waals surface area contributed by atoms with Gasteiger partial charge >= 0.3 is 5.97 Å². The number of ketones is 1. The van der Waals surface area contributed by atoms with Crippen molar-refractivity contribution in [2.24, 2.45) is 5.92 Å². The van der Waals surface area contributed by atoms with E-state index in [1.165, 1.54) is 11.1 Å². The van der Waals surface area contributed by atoms with E-state index in [0.29, 0.717) is 0 Å². The van der Waals surface area contributed by atoms with Crippen molar-refractivity contribution in [3.05, 3.63) is 35.4 Å². The summed E-state index contributed by atoms with van der Waals surface area (Å²) in [4.78, 5) is 22.3. The zero-order valence-electron chi connectivity index (χ0n) is 9.69. The fourth-order valence-electron chi connectivity index (χ4n) is 2.41. The molecule has 0 saturated carbocycles. The van der Waals surface area contributed by atoms with Gasteiger partial charge in [0.05, 0.1) is 6.42 Å². The van der Waals surface area contributed by atoms with E-state index in [0.717, 1.165) is 19.3 Å². The highest BCUT2D eigenvalue weighted by Crippen LogP contribution is 2.26. The predicted molar refractivity (Wildman–Crippen MR) is 63.8 cm³/mol. The standard InChI is InChI=1S/C14H16O3/c15-13(7-8-14(16)17)12-6-5-10-3-1-2-4-11(10)9-12/h1-4,12H,5-9H2,(H,16,17). The zero-order chi connectivity index (χ0) is 12.3. The number of aliphatic carboxylic acids is 1. The maximum absolute atomic E-state index is 11.8. The monoisotopic (exact) mass is 232 g/mol. The van der Waals surface area contributed by atoms with Crippen molar-refractivity contribution in [1.29, 1.82) is 0 Å². The Labute approximate surface area is 100 Å². The zero-order valence-corrected chi connectivity index (χ0v) is 9.69. The molecule has 3 heteroatoms. The van der Waals surface area contributed by atoms with Gasteiger partial charge in [0, 0.05) is 12.3 Å². The molecule has 0 aliphatic heterocycles. The molecule has 1 unspecified atom stereocenters. The highest BCUT2D eigenvalue weighted by molar-refractivity contribution is 5.84. The van der Waals surface area contributed by atoms with E-state index >= 15 is 0 Å². The van der Waals surface area contributed by atoms with Gasteiger partial charge in [0.25, 0.3) is 0 Å². The quantitative estimate of drug-likeness (QED) is 0.866. The first-order valence-corrected chi connectivity index (χ1v) is 5.98. The molecule has 0 spiro atoms. The minimum atomic E-state index is -0.894. The molecule has 0 fully saturated rings. The Hall–Kier alpha value is -1.64. The fraction of sp³-hybridized carbons (Fsp3) is 0.429. The Morgan fingerprint density at radius 3 is 2.59 bits per heavy atom. The molecule has 1 aromatic carbocycles. The Kier molecular flexibility index (Phi) is 3.57. The first-order chi connectivity index (χ1) is 8.16. The van der Waals surface area contributed by atoms with Crippen LogP contribution in [0.3, 0.4) is 0 Å². The Bertz CT molecular complexity index is 437. The van der Waals surface area contributed by atoms with Crippen LogP contribution in [0.4, 0.5) is 0 Å². The van der Waals surface area contributed by atoms with Crippen molar-refractivity contribution in [3.63, 3.8) is 0 Å². The number of benzene rings is 1. The van der Waals surface area contributed by atoms with Crippen LogP contribution in [-0.2, 0) is 22.4 Å². The lowest BCUT2D eigenvalue weighted by atomic mass is 9.81. The lowest BCUT2D eigenvalue weighted by Gasteiger charge is -2.23. The summed E-state index contributed by atoms with van der Waals surface area (Å²) in [6.45, 7) is 0. The molecule has 0 saturated heterocycles. The lowest BCUT2D eigenvalue weighted by molar-refractivity contribution is -0.139. The minimum absolute atomic E-state index is 0.0178.